The second-order valence-electron chi connectivity index (χ2n) is 5.90. The quantitative estimate of drug-likeness (QED) is 0.915. The summed E-state index contributed by atoms with van der Waals surface area (Å²) in [6.07, 6.45) is -0.448. The SMILES string of the molecule is C[C@H](O)[C@@H](CC(C)(C)C)S(=O)(=O)c1ccccc1. The Labute approximate surface area is 110 Å². The Balaban J connectivity index is 3.14. The maximum atomic E-state index is 12.5. The Morgan fingerprint density at radius 2 is 1.67 bits per heavy atom. The van der Waals surface area contributed by atoms with Crippen LogP contribution in [0.5, 0.6) is 0 Å². The molecule has 1 aromatic rings. The van der Waals surface area contributed by atoms with Gasteiger partial charge in [0, 0.05) is 0 Å². The number of sulfone groups is 1. The van der Waals surface area contributed by atoms with Crippen LogP contribution in [0.1, 0.15) is 34.1 Å². The molecule has 18 heavy (non-hydrogen) atoms. The third-order valence-corrected chi connectivity index (χ3v) is 5.11. The van der Waals surface area contributed by atoms with Crippen molar-refractivity contribution in [3.05, 3.63) is 30.3 Å². The molecule has 102 valence electrons. The number of rotatable bonds is 4. The fourth-order valence-corrected chi connectivity index (χ4v) is 4.05. The molecule has 1 aromatic carbocycles. The maximum absolute atomic E-state index is 12.5. The van der Waals surface area contributed by atoms with E-state index in [9.17, 15) is 13.5 Å². The third-order valence-electron chi connectivity index (χ3n) is 2.82. The van der Waals surface area contributed by atoms with E-state index < -0.39 is 21.2 Å². The van der Waals surface area contributed by atoms with E-state index in [0.29, 0.717) is 6.42 Å². The molecular formula is C14H22O3S. The average molecular weight is 270 g/mol. The molecule has 0 aliphatic heterocycles. The van der Waals surface area contributed by atoms with Gasteiger partial charge < -0.3 is 5.11 Å². The fraction of sp³-hybridized carbons (Fsp3) is 0.571. The molecule has 3 nitrogen and oxygen atoms in total. The molecule has 0 spiro atoms. The van der Waals surface area contributed by atoms with Gasteiger partial charge in [-0.2, -0.15) is 0 Å². The predicted molar refractivity (Wildman–Crippen MR) is 73.2 cm³/mol. The number of hydrogen-bond acceptors (Lipinski definition) is 3. The minimum Gasteiger partial charge on any atom is -0.392 e. The minimum absolute atomic E-state index is 0.149. The van der Waals surface area contributed by atoms with Crippen LogP contribution in [-0.2, 0) is 9.84 Å². The van der Waals surface area contributed by atoms with Gasteiger partial charge in [0.25, 0.3) is 0 Å². The number of aliphatic hydroxyl groups excluding tert-OH is 1. The highest BCUT2D eigenvalue weighted by Gasteiger charge is 2.34. The van der Waals surface area contributed by atoms with Crippen LogP contribution in [0.15, 0.2) is 35.2 Å². The van der Waals surface area contributed by atoms with Gasteiger partial charge >= 0.3 is 0 Å². The topological polar surface area (TPSA) is 54.4 Å². The van der Waals surface area contributed by atoms with Crippen LogP contribution in [-0.4, -0.2) is 24.9 Å². The molecule has 0 saturated heterocycles. The van der Waals surface area contributed by atoms with Gasteiger partial charge in [0.05, 0.1) is 16.2 Å². The predicted octanol–water partition coefficient (Wildman–Crippen LogP) is 2.65. The Bertz CT molecular complexity index is 470. The summed E-state index contributed by atoms with van der Waals surface area (Å²) in [5.74, 6) is 0. The van der Waals surface area contributed by atoms with E-state index in [-0.39, 0.29) is 10.3 Å². The molecule has 0 aliphatic rings. The van der Waals surface area contributed by atoms with Crippen molar-refractivity contribution in [1.82, 2.24) is 0 Å². The molecule has 0 heterocycles. The maximum Gasteiger partial charge on any atom is 0.183 e. The summed E-state index contributed by atoms with van der Waals surface area (Å²) in [5.41, 5.74) is -0.149. The second kappa shape index (κ2) is 5.41. The molecule has 0 saturated carbocycles. The van der Waals surface area contributed by atoms with Gasteiger partial charge in [-0.05, 0) is 30.9 Å². The molecule has 1 rings (SSSR count). The number of aliphatic hydroxyl groups is 1. The standard InChI is InChI=1S/C14H22O3S/c1-11(15)13(10-14(2,3)4)18(16,17)12-8-6-5-7-9-12/h5-9,11,13,15H,10H2,1-4H3/t11-,13+/m0/s1. The van der Waals surface area contributed by atoms with Gasteiger partial charge in [0.15, 0.2) is 9.84 Å². The van der Waals surface area contributed by atoms with Gasteiger partial charge in [-0.3, -0.25) is 0 Å². The van der Waals surface area contributed by atoms with Crippen LogP contribution in [0.2, 0.25) is 0 Å². The van der Waals surface area contributed by atoms with Crippen LogP contribution in [0.3, 0.4) is 0 Å². The largest absolute Gasteiger partial charge is 0.392 e. The lowest BCUT2D eigenvalue weighted by Gasteiger charge is -2.27. The lowest BCUT2D eigenvalue weighted by Crippen LogP contribution is -2.35. The third kappa shape index (κ3) is 3.82. The molecule has 0 unspecified atom stereocenters. The highest BCUT2D eigenvalue weighted by Crippen LogP contribution is 2.29. The van der Waals surface area contributed by atoms with Gasteiger partial charge in [-0.1, -0.05) is 39.0 Å². The van der Waals surface area contributed by atoms with Gasteiger partial charge in [-0.15, -0.1) is 0 Å². The number of hydrogen-bond donors (Lipinski definition) is 1. The lowest BCUT2D eigenvalue weighted by atomic mass is 9.89. The van der Waals surface area contributed by atoms with Gasteiger partial charge in [-0.25, -0.2) is 8.42 Å². The molecule has 0 aliphatic carbocycles. The Hall–Kier alpha value is -0.870. The molecule has 1 N–H and O–H groups in total. The summed E-state index contributed by atoms with van der Waals surface area (Å²) >= 11 is 0. The first-order chi connectivity index (χ1) is 8.14. The summed E-state index contributed by atoms with van der Waals surface area (Å²) in [4.78, 5) is 0.278. The van der Waals surface area contributed by atoms with Crippen molar-refractivity contribution in [3.63, 3.8) is 0 Å². The molecule has 0 bridgehead atoms. The van der Waals surface area contributed by atoms with Crippen molar-refractivity contribution in [2.45, 2.75) is 50.4 Å². The lowest BCUT2D eigenvalue weighted by molar-refractivity contribution is 0.166. The average Bonchev–Trinajstić information content (AvgIpc) is 2.25. The van der Waals surface area contributed by atoms with Gasteiger partial charge in [0.1, 0.15) is 0 Å². The van der Waals surface area contributed by atoms with E-state index in [1.54, 1.807) is 30.3 Å². The van der Waals surface area contributed by atoms with Crippen LogP contribution in [0.25, 0.3) is 0 Å². The Kier molecular flexibility index (Phi) is 4.56. The summed E-state index contributed by atoms with van der Waals surface area (Å²) in [7, 11) is -3.48. The first-order valence-electron chi connectivity index (χ1n) is 6.11. The van der Waals surface area contributed by atoms with Crippen LogP contribution in [0, 0.1) is 5.41 Å². The summed E-state index contributed by atoms with van der Waals surface area (Å²) in [6, 6.07) is 8.33. The normalized spacial score (nSPS) is 16.3. The van der Waals surface area contributed by atoms with E-state index in [2.05, 4.69) is 0 Å². The first-order valence-corrected chi connectivity index (χ1v) is 7.66. The molecule has 2 atom stereocenters. The Morgan fingerprint density at radius 3 is 2.06 bits per heavy atom. The van der Waals surface area contributed by atoms with Crippen molar-refractivity contribution in [2.75, 3.05) is 0 Å². The molecular weight excluding hydrogens is 248 g/mol. The molecule has 0 radical (unpaired) electrons. The van der Waals surface area contributed by atoms with E-state index in [4.69, 9.17) is 0 Å². The van der Waals surface area contributed by atoms with E-state index in [1.165, 1.54) is 6.92 Å². The van der Waals surface area contributed by atoms with Gasteiger partial charge in [0.2, 0.25) is 0 Å². The monoisotopic (exact) mass is 270 g/mol. The second-order valence-corrected chi connectivity index (χ2v) is 8.07. The highest BCUT2D eigenvalue weighted by molar-refractivity contribution is 7.92. The molecule has 0 fully saturated rings. The van der Waals surface area contributed by atoms with E-state index in [0.717, 1.165) is 0 Å². The van der Waals surface area contributed by atoms with Crippen molar-refractivity contribution in [1.29, 1.82) is 0 Å². The molecule has 4 heteroatoms. The highest BCUT2D eigenvalue weighted by atomic mass is 32.2. The van der Waals surface area contributed by atoms with Crippen molar-refractivity contribution in [3.8, 4) is 0 Å². The zero-order chi connectivity index (χ0) is 14.0. The van der Waals surface area contributed by atoms with E-state index >= 15 is 0 Å². The zero-order valence-electron chi connectivity index (χ0n) is 11.4. The molecule has 0 amide bonds. The fourth-order valence-electron chi connectivity index (χ4n) is 1.93. The van der Waals surface area contributed by atoms with Crippen LogP contribution >= 0.6 is 0 Å². The summed E-state index contributed by atoms with van der Waals surface area (Å²) in [5, 5.41) is 9.03. The number of benzene rings is 1. The zero-order valence-corrected chi connectivity index (χ0v) is 12.2. The van der Waals surface area contributed by atoms with E-state index in [1.807, 2.05) is 20.8 Å². The smallest absolute Gasteiger partial charge is 0.183 e. The van der Waals surface area contributed by atoms with Crippen LogP contribution < -0.4 is 0 Å². The van der Waals surface area contributed by atoms with Crippen LogP contribution in [0.4, 0.5) is 0 Å². The molecule has 0 aromatic heterocycles. The minimum atomic E-state index is -3.48. The van der Waals surface area contributed by atoms with Crippen molar-refractivity contribution in [2.24, 2.45) is 5.41 Å². The summed E-state index contributed by atoms with van der Waals surface area (Å²) < 4.78 is 25.0. The van der Waals surface area contributed by atoms with Crippen molar-refractivity contribution < 1.29 is 13.5 Å². The Morgan fingerprint density at radius 1 is 1.17 bits per heavy atom. The summed E-state index contributed by atoms with van der Waals surface area (Å²) in [6.45, 7) is 7.46. The van der Waals surface area contributed by atoms with Crippen molar-refractivity contribution >= 4 is 9.84 Å². The first kappa shape index (κ1) is 15.2.